The van der Waals surface area contributed by atoms with E-state index in [0.717, 1.165) is 75.9 Å². The number of carbonyl (C=O) groups is 4. The van der Waals surface area contributed by atoms with Crippen molar-refractivity contribution in [3.8, 4) is 33.6 Å². The van der Waals surface area contributed by atoms with Crippen LogP contribution in [0.2, 0.25) is 0 Å². The molecule has 56 heavy (non-hydrogen) atoms. The van der Waals surface area contributed by atoms with Crippen LogP contribution >= 0.6 is 0 Å². The summed E-state index contributed by atoms with van der Waals surface area (Å²) in [4.78, 5) is 68.9. The standard InChI is InChI=1S/C42H48N8O6/c1-5-26-14-17-50(37(52)23-46-41(54)56-4)38(26)39-44-21-33(48-39)28-8-6-27(7-9-28)29-10-11-31-19-32(13-12-30(31)18-29)34-20-43-35(47-34)24-49(25-42(2)15-16-42)36(51)22-45-40(53)55-3/h6-13,18-21,26,38H,5,14-17,22-25H2,1-4H3,(H,43,47)(H,44,48)(H,45,53)(H,46,54)/t26-,38+/m1/s1. The second kappa shape index (κ2) is 16.3. The van der Waals surface area contributed by atoms with E-state index in [-0.39, 0.29) is 42.3 Å². The van der Waals surface area contributed by atoms with Gasteiger partial charge in [-0.05, 0) is 70.2 Å². The third-order valence-corrected chi connectivity index (χ3v) is 11.1. The Morgan fingerprint density at radius 2 is 1.43 bits per heavy atom. The summed E-state index contributed by atoms with van der Waals surface area (Å²) in [7, 11) is 2.54. The molecule has 2 aliphatic rings. The van der Waals surface area contributed by atoms with Crippen molar-refractivity contribution < 1.29 is 28.7 Å². The summed E-state index contributed by atoms with van der Waals surface area (Å²) in [5, 5.41) is 7.17. The molecule has 5 aromatic rings. The normalized spacial score (nSPS) is 17.0. The highest BCUT2D eigenvalue weighted by molar-refractivity contribution is 5.90. The van der Waals surface area contributed by atoms with E-state index in [1.165, 1.54) is 14.2 Å². The highest BCUT2D eigenvalue weighted by atomic mass is 16.5. The molecule has 14 nitrogen and oxygen atoms in total. The quantitative estimate of drug-likeness (QED) is 0.106. The van der Waals surface area contributed by atoms with Crippen LogP contribution in [0, 0.1) is 11.3 Å². The van der Waals surface area contributed by atoms with Gasteiger partial charge in [-0.15, -0.1) is 0 Å². The van der Waals surface area contributed by atoms with Gasteiger partial charge in [0.15, 0.2) is 0 Å². The first kappa shape index (κ1) is 38.1. The summed E-state index contributed by atoms with van der Waals surface area (Å²) in [6.45, 7) is 5.53. The highest BCUT2D eigenvalue weighted by Gasteiger charge is 2.40. The smallest absolute Gasteiger partial charge is 0.407 e. The maximum atomic E-state index is 13.0. The summed E-state index contributed by atoms with van der Waals surface area (Å²) in [6, 6.07) is 20.8. The zero-order chi connectivity index (χ0) is 39.4. The van der Waals surface area contributed by atoms with Crippen LogP contribution in [-0.4, -0.2) is 94.1 Å². The minimum absolute atomic E-state index is 0.0908. The Hall–Kier alpha value is -6.18. The maximum absolute atomic E-state index is 13.0. The predicted molar refractivity (Wildman–Crippen MR) is 211 cm³/mol. The molecule has 0 bridgehead atoms. The van der Waals surface area contributed by atoms with Crippen LogP contribution < -0.4 is 10.6 Å². The molecule has 4 amide bonds. The van der Waals surface area contributed by atoms with Crippen molar-refractivity contribution in [1.29, 1.82) is 0 Å². The van der Waals surface area contributed by atoms with Crippen molar-refractivity contribution in [1.82, 2.24) is 40.4 Å². The molecular formula is C42H48N8O6. The fourth-order valence-electron chi connectivity index (χ4n) is 7.49. The third-order valence-electron chi connectivity index (χ3n) is 11.1. The average molecular weight is 761 g/mol. The van der Waals surface area contributed by atoms with Crippen LogP contribution in [0.4, 0.5) is 9.59 Å². The highest BCUT2D eigenvalue weighted by Crippen LogP contribution is 2.45. The number of methoxy groups -OCH3 is 2. The first-order valence-corrected chi connectivity index (χ1v) is 19.0. The first-order chi connectivity index (χ1) is 27.1. The molecule has 0 spiro atoms. The molecule has 3 aromatic carbocycles. The predicted octanol–water partition coefficient (Wildman–Crippen LogP) is 6.43. The number of alkyl carbamates (subject to hydrolysis) is 2. The molecular weight excluding hydrogens is 713 g/mol. The van der Waals surface area contributed by atoms with Gasteiger partial charge in [0.05, 0.1) is 50.6 Å². The number of nitrogens with one attached hydrogen (secondary N) is 4. The van der Waals surface area contributed by atoms with Crippen molar-refractivity contribution in [3.63, 3.8) is 0 Å². The Morgan fingerprint density at radius 1 is 0.821 bits per heavy atom. The van der Waals surface area contributed by atoms with E-state index in [4.69, 9.17) is 4.98 Å². The Balaban J connectivity index is 1.02. The van der Waals surface area contributed by atoms with E-state index < -0.39 is 12.2 Å². The number of hydrogen-bond acceptors (Lipinski definition) is 8. The van der Waals surface area contributed by atoms with E-state index in [1.807, 2.05) is 6.20 Å². The number of rotatable bonds is 13. The first-order valence-electron chi connectivity index (χ1n) is 19.0. The van der Waals surface area contributed by atoms with E-state index in [2.05, 4.69) is 110 Å². The number of fused-ring (bicyclic) bond motifs is 1. The number of hydrogen-bond donors (Lipinski definition) is 4. The van der Waals surface area contributed by atoms with Crippen molar-refractivity contribution in [2.45, 2.75) is 52.1 Å². The van der Waals surface area contributed by atoms with Crippen molar-refractivity contribution in [3.05, 3.63) is 84.7 Å². The van der Waals surface area contributed by atoms with Gasteiger partial charge in [0.2, 0.25) is 11.8 Å². The lowest BCUT2D eigenvalue weighted by Gasteiger charge is -2.26. The zero-order valence-electron chi connectivity index (χ0n) is 32.2. The Morgan fingerprint density at radius 3 is 2.11 bits per heavy atom. The number of imidazole rings is 2. The number of nitrogens with zero attached hydrogens (tertiary/aromatic N) is 4. The Kier molecular flexibility index (Phi) is 11.1. The van der Waals surface area contributed by atoms with Crippen LogP contribution in [0.1, 0.15) is 57.2 Å². The molecule has 3 heterocycles. The van der Waals surface area contributed by atoms with Crippen molar-refractivity contribution >= 4 is 34.8 Å². The topological polar surface area (TPSA) is 175 Å². The van der Waals surface area contributed by atoms with Crippen LogP contribution in [0.25, 0.3) is 44.4 Å². The van der Waals surface area contributed by atoms with Crippen LogP contribution in [-0.2, 0) is 25.6 Å². The number of aromatic amines is 2. The molecule has 0 radical (unpaired) electrons. The lowest BCUT2D eigenvalue weighted by Crippen LogP contribution is -2.42. The SMILES string of the molecule is CC[C@@H]1CCN(C(=O)CNC(=O)OC)[C@@H]1c1ncc(-c2ccc(-c3ccc4cc(-c5cnc(CN(CC6(C)CC6)C(=O)CNC(=O)OC)[nH]5)ccc4c3)cc2)[nH]1. The van der Waals surface area contributed by atoms with Gasteiger partial charge in [0.25, 0.3) is 0 Å². The Bertz CT molecular complexity index is 2230. The number of carbonyl (C=O) groups excluding carboxylic acids is 4. The number of H-pyrrole nitrogens is 2. The van der Waals surface area contributed by atoms with Gasteiger partial charge in [-0.25, -0.2) is 19.6 Å². The lowest BCUT2D eigenvalue weighted by atomic mass is 9.97. The fourth-order valence-corrected chi connectivity index (χ4v) is 7.49. The van der Waals surface area contributed by atoms with E-state index in [9.17, 15) is 19.2 Å². The second-order valence-electron chi connectivity index (χ2n) is 15.0. The molecule has 7 rings (SSSR count). The van der Waals surface area contributed by atoms with Crippen LogP contribution in [0.3, 0.4) is 0 Å². The van der Waals surface area contributed by atoms with Crippen molar-refractivity contribution in [2.75, 3.05) is 40.4 Å². The zero-order valence-corrected chi connectivity index (χ0v) is 32.2. The summed E-state index contributed by atoms with van der Waals surface area (Å²) in [5.41, 5.74) is 5.96. The van der Waals surface area contributed by atoms with E-state index in [0.29, 0.717) is 25.5 Å². The van der Waals surface area contributed by atoms with Gasteiger partial charge < -0.3 is 39.9 Å². The number of likely N-dealkylation sites (tertiary alicyclic amines) is 1. The largest absolute Gasteiger partial charge is 0.453 e. The molecule has 0 unspecified atom stereocenters. The molecule has 1 saturated heterocycles. The van der Waals surface area contributed by atoms with Crippen LogP contribution in [0.15, 0.2) is 73.1 Å². The van der Waals surface area contributed by atoms with Gasteiger partial charge >= 0.3 is 12.2 Å². The minimum Gasteiger partial charge on any atom is -0.453 e. The fraction of sp³-hybridized carbons (Fsp3) is 0.381. The second-order valence-corrected chi connectivity index (χ2v) is 15.0. The molecule has 14 heteroatoms. The number of aromatic nitrogens is 4. The molecule has 2 atom stereocenters. The molecule has 1 aliphatic carbocycles. The summed E-state index contributed by atoms with van der Waals surface area (Å²) in [6.07, 6.45) is 6.23. The lowest BCUT2D eigenvalue weighted by molar-refractivity contribution is -0.132. The third kappa shape index (κ3) is 8.54. The Labute approximate surface area is 325 Å². The van der Waals surface area contributed by atoms with Gasteiger partial charge in [-0.2, -0.15) is 0 Å². The summed E-state index contributed by atoms with van der Waals surface area (Å²) >= 11 is 0. The number of benzene rings is 3. The molecule has 1 saturated carbocycles. The molecule has 1 aliphatic heterocycles. The molecule has 292 valence electrons. The molecule has 4 N–H and O–H groups in total. The summed E-state index contributed by atoms with van der Waals surface area (Å²) < 4.78 is 9.24. The summed E-state index contributed by atoms with van der Waals surface area (Å²) in [5.74, 6) is 1.32. The molecule has 2 fully saturated rings. The monoisotopic (exact) mass is 760 g/mol. The van der Waals surface area contributed by atoms with Gasteiger partial charge in [0.1, 0.15) is 24.7 Å². The van der Waals surface area contributed by atoms with E-state index >= 15 is 0 Å². The van der Waals surface area contributed by atoms with Gasteiger partial charge in [-0.1, -0.05) is 68.8 Å². The maximum Gasteiger partial charge on any atom is 0.407 e. The number of ether oxygens (including phenoxy) is 2. The minimum atomic E-state index is -0.638. The van der Waals surface area contributed by atoms with Gasteiger partial charge in [-0.3, -0.25) is 9.59 Å². The molecule has 2 aromatic heterocycles. The number of amides is 4. The van der Waals surface area contributed by atoms with Gasteiger partial charge in [0, 0.05) is 18.7 Å². The van der Waals surface area contributed by atoms with Crippen LogP contribution in [0.5, 0.6) is 0 Å². The average Bonchev–Trinajstić information content (AvgIpc) is 3.62. The van der Waals surface area contributed by atoms with Crippen molar-refractivity contribution in [2.24, 2.45) is 11.3 Å². The van der Waals surface area contributed by atoms with E-state index in [1.54, 1.807) is 16.0 Å².